The van der Waals surface area contributed by atoms with E-state index in [-0.39, 0.29) is 10.9 Å². The number of rotatable bonds is 2. The van der Waals surface area contributed by atoms with E-state index >= 15 is 0 Å². The quantitative estimate of drug-likeness (QED) is 0.670. The van der Waals surface area contributed by atoms with E-state index in [0.29, 0.717) is 0 Å². The highest BCUT2D eigenvalue weighted by Crippen LogP contribution is 2.37. The first-order valence-electron chi connectivity index (χ1n) is 3.50. The summed E-state index contributed by atoms with van der Waals surface area (Å²) in [5.74, 6) is -0.401. The Morgan fingerprint density at radius 2 is 1.36 bits per heavy atom. The maximum Gasteiger partial charge on any atom is 0.166 e. The number of ether oxygens (including phenoxy) is 2. The van der Waals surface area contributed by atoms with Gasteiger partial charge in [0.05, 0.1) is 0 Å². The third-order valence-electron chi connectivity index (χ3n) is 1.49. The van der Waals surface area contributed by atoms with Crippen LogP contribution in [0.4, 0.5) is 0 Å². The molecule has 0 aromatic heterocycles. The number of hydrogen-bond acceptors (Lipinski definition) is 4. The van der Waals surface area contributed by atoms with Gasteiger partial charge in [0, 0.05) is 0 Å². The van der Waals surface area contributed by atoms with Crippen LogP contribution in [0.15, 0.2) is 0 Å². The van der Waals surface area contributed by atoms with Gasteiger partial charge in [0.15, 0.2) is 5.79 Å². The SMILES string of the molecule is CS[C@@H]1OC(C)(C)O[C@H]1SC. The second-order valence-electron chi connectivity index (χ2n) is 2.84. The Morgan fingerprint density at radius 3 is 1.64 bits per heavy atom. The van der Waals surface area contributed by atoms with Gasteiger partial charge < -0.3 is 9.47 Å². The van der Waals surface area contributed by atoms with Crippen LogP contribution in [0.25, 0.3) is 0 Å². The Bertz CT molecular complexity index is 124. The molecule has 66 valence electrons. The van der Waals surface area contributed by atoms with E-state index < -0.39 is 5.79 Å². The van der Waals surface area contributed by atoms with E-state index in [1.54, 1.807) is 23.5 Å². The van der Waals surface area contributed by atoms with Crippen molar-refractivity contribution in [2.24, 2.45) is 0 Å². The Kier molecular flexibility index (Phi) is 3.14. The molecule has 0 spiro atoms. The summed E-state index contributed by atoms with van der Waals surface area (Å²) in [5.41, 5.74) is 0.361. The lowest BCUT2D eigenvalue weighted by Gasteiger charge is -2.15. The molecule has 11 heavy (non-hydrogen) atoms. The van der Waals surface area contributed by atoms with Gasteiger partial charge in [-0.05, 0) is 26.4 Å². The van der Waals surface area contributed by atoms with Crippen molar-refractivity contribution in [3.05, 3.63) is 0 Å². The lowest BCUT2D eigenvalue weighted by molar-refractivity contribution is -0.132. The first-order valence-corrected chi connectivity index (χ1v) is 6.08. The summed E-state index contributed by atoms with van der Waals surface area (Å²) < 4.78 is 11.2. The van der Waals surface area contributed by atoms with Gasteiger partial charge in [0.1, 0.15) is 10.9 Å². The van der Waals surface area contributed by atoms with E-state index in [1.165, 1.54) is 0 Å². The van der Waals surface area contributed by atoms with Crippen LogP contribution in [0, 0.1) is 0 Å². The lowest BCUT2D eigenvalue weighted by Crippen LogP contribution is -2.20. The van der Waals surface area contributed by atoms with E-state index in [2.05, 4.69) is 0 Å². The molecule has 0 aromatic rings. The second-order valence-corrected chi connectivity index (χ2v) is 4.72. The summed E-state index contributed by atoms with van der Waals surface area (Å²) in [6, 6.07) is 0. The summed E-state index contributed by atoms with van der Waals surface area (Å²) in [6.45, 7) is 3.90. The van der Waals surface area contributed by atoms with Crippen molar-refractivity contribution in [2.45, 2.75) is 30.5 Å². The van der Waals surface area contributed by atoms with Crippen LogP contribution in [0.3, 0.4) is 0 Å². The first kappa shape index (κ1) is 9.71. The molecule has 0 radical (unpaired) electrons. The normalized spacial score (nSPS) is 36.0. The van der Waals surface area contributed by atoms with E-state index in [4.69, 9.17) is 9.47 Å². The molecule has 0 amide bonds. The average Bonchev–Trinajstić information content (AvgIpc) is 2.25. The van der Waals surface area contributed by atoms with Crippen molar-refractivity contribution in [3.63, 3.8) is 0 Å². The fourth-order valence-electron chi connectivity index (χ4n) is 1.02. The zero-order chi connectivity index (χ0) is 8.48. The van der Waals surface area contributed by atoms with Crippen molar-refractivity contribution in [1.29, 1.82) is 0 Å². The fourth-order valence-corrected chi connectivity index (χ4v) is 2.89. The van der Waals surface area contributed by atoms with E-state index in [0.717, 1.165) is 0 Å². The van der Waals surface area contributed by atoms with Crippen LogP contribution in [0.2, 0.25) is 0 Å². The summed E-state index contributed by atoms with van der Waals surface area (Å²) in [4.78, 5) is 0. The molecule has 0 N–H and O–H groups in total. The molecule has 0 aliphatic carbocycles. The van der Waals surface area contributed by atoms with Gasteiger partial charge in [-0.25, -0.2) is 0 Å². The van der Waals surface area contributed by atoms with Crippen LogP contribution in [0.5, 0.6) is 0 Å². The zero-order valence-corrected chi connectivity index (χ0v) is 8.92. The molecule has 0 saturated carbocycles. The molecule has 1 aliphatic heterocycles. The smallest absolute Gasteiger partial charge is 0.166 e. The monoisotopic (exact) mass is 194 g/mol. The minimum atomic E-state index is -0.401. The van der Waals surface area contributed by atoms with E-state index in [1.807, 2.05) is 26.4 Å². The zero-order valence-electron chi connectivity index (χ0n) is 7.29. The van der Waals surface area contributed by atoms with Crippen molar-refractivity contribution in [3.8, 4) is 0 Å². The molecule has 0 bridgehead atoms. The third kappa shape index (κ3) is 2.28. The molecule has 1 fully saturated rings. The molecular formula is C7H14O2S2. The van der Waals surface area contributed by atoms with Gasteiger partial charge >= 0.3 is 0 Å². The average molecular weight is 194 g/mol. The Balaban J connectivity index is 2.55. The van der Waals surface area contributed by atoms with Gasteiger partial charge in [0.25, 0.3) is 0 Å². The van der Waals surface area contributed by atoms with Crippen LogP contribution in [-0.4, -0.2) is 29.2 Å². The lowest BCUT2D eigenvalue weighted by atomic mass is 10.4. The fraction of sp³-hybridized carbons (Fsp3) is 1.00. The highest BCUT2D eigenvalue weighted by Gasteiger charge is 2.40. The molecule has 0 aromatic carbocycles. The highest BCUT2D eigenvalue weighted by atomic mass is 32.2. The van der Waals surface area contributed by atoms with Crippen LogP contribution >= 0.6 is 23.5 Å². The van der Waals surface area contributed by atoms with Crippen LogP contribution in [-0.2, 0) is 9.47 Å². The largest absolute Gasteiger partial charge is 0.333 e. The van der Waals surface area contributed by atoms with Crippen molar-refractivity contribution >= 4 is 23.5 Å². The molecular weight excluding hydrogens is 180 g/mol. The molecule has 1 heterocycles. The molecule has 1 aliphatic rings. The number of hydrogen-bond donors (Lipinski definition) is 0. The summed E-state index contributed by atoms with van der Waals surface area (Å²) in [5, 5.41) is 0. The Labute approximate surface area is 76.4 Å². The Hall–Kier alpha value is 0.620. The van der Waals surface area contributed by atoms with Crippen LogP contribution in [0.1, 0.15) is 13.8 Å². The van der Waals surface area contributed by atoms with E-state index in [9.17, 15) is 0 Å². The predicted octanol–water partition coefficient (Wildman–Crippen LogP) is 2.15. The maximum atomic E-state index is 5.62. The van der Waals surface area contributed by atoms with Crippen molar-refractivity contribution < 1.29 is 9.47 Å². The summed E-state index contributed by atoms with van der Waals surface area (Å²) in [7, 11) is 0. The van der Waals surface area contributed by atoms with Gasteiger partial charge in [-0.15, -0.1) is 23.5 Å². The van der Waals surface area contributed by atoms with Gasteiger partial charge in [-0.3, -0.25) is 0 Å². The summed E-state index contributed by atoms with van der Waals surface area (Å²) in [6.07, 6.45) is 4.08. The minimum Gasteiger partial charge on any atom is -0.333 e. The van der Waals surface area contributed by atoms with Crippen LogP contribution < -0.4 is 0 Å². The number of thioether (sulfide) groups is 2. The molecule has 1 saturated heterocycles. The Morgan fingerprint density at radius 1 is 1.00 bits per heavy atom. The topological polar surface area (TPSA) is 18.5 Å². The molecule has 0 unspecified atom stereocenters. The predicted molar refractivity (Wildman–Crippen MR) is 50.9 cm³/mol. The van der Waals surface area contributed by atoms with Gasteiger partial charge in [-0.1, -0.05) is 0 Å². The summed E-state index contributed by atoms with van der Waals surface area (Å²) >= 11 is 3.40. The molecule has 1 rings (SSSR count). The second kappa shape index (κ2) is 3.56. The highest BCUT2D eigenvalue weighted by molar-refractivity contribution is 8.02. The minimum absolute atomic E-state index is 0.181. The third-order valence-corrected chi connectivity index (χ3v) is 3.28. The van der Waals surface area contributed by atoms with Crippen molar-refractivity contribution in [1.82, 2.24) is 0 Å². The van der Waals surface area contributed by atoms with Gasteiger partial charge in [0.2, 0.25) is 0 Å². The molecule has 4 heteroatoms. The molecule has 2 atom stereocenters. The molecule has 2 nitrogen and oxygen atoms in total. The van der Waals surface area contributed by atoms with Gasteiger partial charge in [-0.2, -0.15) is 0 Å². The van der Waals surface area contributed by atoms with Crippen molar-refractivity contribution in [2.75, 3.05) is 12.5 Å². The standard InChI is InChI=1S/C7H14O2S2/c1-7(2)8-5(10-3)6(9-7)11-4/h5-6H,1-4H3/t5-,6-/m0/s1. The first-order chi connectivity index (χ1) is 5.09. The maximum absolute atomic E-state index is 5.62.